The van der Waals surface area contributed by atoms with Crippen molar-refractivity contribution in [1.29, 1.82) is 0 Å². The molecule has 0 fully saturated rings. The Bertz CT molecular complexity index is 301. The number of anilines is 1. The number of rotatable bonds is 5. The quantitative estimate of drug-likeness (QED) is 0.752. The van der Waals surface area contributed by atoms with Crippen LogP contribution in [0.15, 0.2) is 24.3 Å². The Balaban J connectivity index is 2.85. The van der Waals surface area contributed by atoms with Gasteiger partial charge in [0, 0.05) is 25.8 Å². The van der Waals surface area contributed by atoms with Crippen molar-refractivity contribution in [2.75, 3.05) is 33.1 Å². The second kappa shape index (κ2) is 5.90. The largest absolute Gasteiger partial charge is 0.378 e. The predicted molar refractivity (Wildman–Crippen MR) is 72.1 cm³/mol. The first-order valence-electron chi connectivity index (χ1n) is 6.00. The number of hydrogen-bond donors (Lipinski definition) is 0. The molecule has 0 spiro atoms. The molecule has 1 rings (SSSR count). The van der Waals surface area contributed by atoms with Crippen molar-refractivity contribution in [1.82, 2.24) is 4.90 Å². The summed E-state index contributed by atoms with van der Waals surface area (Å²) in [7, 11) is 8.45. The van der Waals surface area contributed by atoms with Gasteiger partial charge in [-0.2, -0.15) is 0 Å². The van der Waals surface area contributed by atoms with Crippen LogP contribution in [0.4, 0.5) is 5.69 Å². The third-order valence-corrected chi connectivity index (χ3v) is 2.98. The van der Waals surface area contributed by atoms with Crippen molar-refractivity contribution in [2.24, 2.45) is 0 Å². The first-order valence-corrected chi connectivity index (χ1v) is 6.00. The highest BCUT2D eigenvalue weighted by Gasteiger charge is 2.12. The Hall–Kier alpha value is -1.02. The van der Waals surface area contributed by atoms with E-state index in [-0.39, 0.29) is 0 Å². The third kappa shape index (κ3) is 3.24. The molecule has 0 saturated heterocycles. The molecule has 1 aromatic carbocycles. The van der Waals surface area contributed by atoms with E-state index in [2.05, 4.69) is 69.2 Å². The Kier molecular flexibility index (Phi) is 4.81. The molecule has 0 bridgehead atoms. The van der Waals surface area contributed by atoms with Gasteiger partial charge < -0.3 is 9.80 Å². The summed E-state index contributed by atoms with van der Waals surface area (Å²) in [6, 6.07) is 9.43. The van der Waals surface area contributed by atoms with Crippen molar-refractivity contribution in [3.05, 3.63) is 29.8 Å². The molecule has 1 unspecified atom stereocenters. The molecule has 2 nitrogen and oxygen atoms in total. The van der Waals surface area contributed by atoms with Crippen LogP contribution in [0.2, 0.25) is 0 Å². The summed E-state index contributed by atoms with van der Waals surface area (Å²) in [6.45, 7) is 2.24. The van der Waals surface area contributed by atoms with E-state index >= 15 is 0 Å². The van der Waals surface area contributed by atoms with E-state index in [1.165, 1.54) is 24.1 Å². The highest BCUT2D eigenvalue weighted by atomic mass is 15.1. The monoisotopic (exact) mass is 220 g/mol. The highest BCUT2D eigenvalue weighted by molar-refractivity contribution is 5.46. The maximum absolute atomic E-state index is 2.30. The molecular formula is C14H24N2. The predicted octanol–water partition coefficient (Wildman–Crippen LogP) is 3.16. The zero-order chi connectivity index (χ0) is 12.1. The Morgan fingerprint density at radius 3 is 1.94 bits per heavy atom. The fourth-order valence-electron chi connectivity index (χ4n) is 1.99. The van der Waals surface area contributed by atoms with E-state index in [0.29, 0.717) is 6.04 Å². The molecule has 0 aromatic heterocycles. The molecule has 16 heavy (non-hydrogen) atoms. The zero-order valence-corrected chi connectivity index (χ0v) is 11.2. The van der Waals surface area contributed by atoms with Gasteiger partial charge in [-0.05, 0) is 38.2 Å². The molecule has 0 amide bonds. The lowest BCUT2D eigenvalue weighted by atomic mass is 10.0. The topological polar surface area (TPSA) is 6.48 Å². The van der Waals surface area contributed by atoms with Gasteiger partial charge in [-0.15, -0.1) is 0 Å². The number of benzene rings is 1. The lowest BCUT2D eigenvalue weighted by Gasteiger charge is -2.25. The molecule has 0 heterocycles. The molecule has 0 radical (unpaired) electrons. The fourth-order valence-corrected chi connectivity index (χ4v) is 1.99. The molecule has 1 aromatic rings. The van der Waals surface area contributed by atoms with Gasteiger partial charge in [-0.3, -0.25) is 0 Å². The Labute approximate surface area is 99.9 Å². The summed E-state index contributed by atoms with van der Waals surface area (Å²) >= 11 is 0. The maximum atomic E-state index is 2.30. The van der Waals surface area contributed by atoms with E-state index in [1.54, 1.807) is 0 Å². The van der Waals surface area contributed by atoms with Crippen LogP contribution < -0.4 is 4.90 Å². The highest BCUT2D eigenvalue weighted by Crippen LogP contribution is 2.25. The molecule has 0 aliphatic heterocycles. The summed E-state index contributed by atoms with van der Waals surface area (Å²) in [5, 5.41) is 0. The van der Waals surface area contributed by atoms with Crippen molar-refractivity contribution < 1.29 is 0 Å². The molecule has 2 heteroatoms. The van der Waals surface area contributed by atoms with Gasteiger partial charge in [0.2, 0.25) is 0 Å². The summed E-state index contributed by atoms with van der Waals surface area (Å²) < 4.78 is 0. The Morgan fingerprint density at radius 1 is 1.00 bits per heavy atom. The van der Waals surface area contributed by atoms with Crippen molar-refractivity contribution in [3.63, 3.8) is 0 Å². The SMILES string of the molecule is CCCC(c1ccc(N(C)C)cc1)N(C)C. The lowest BCUT2D eigenvalue weighted by molar-refractivity contribution is 0.282. The van der Waals surface area contributed by atoms with Crippen LogP contribution in [0.1, 0.15) is 31.4 Å². The van der Waals surface area contributed by atoms with E-state index in [0.717, 1.165) is 0 Å². The molecule has 0 saturated carbocycles. The molecule has 0 N–H and O–H groups in total. The Morgan fingerprint density at radius 2 is 1.56 bits per heavy atom. The van der Waals surface area contributed by atoms with Gasteiger partial charge in [0.1, 0.15) is 0 Å². The molecular weight excluding hydrogens is 196 g/mol. The second-order valence-corrected chi connectivity index (χ2v) is 4.75. The van der Waals surface area contributed by atoms with Gasteiger partial charge in [-0.1, -0.05) is 25.5 Å². The number of nitrogens with zero attached hydrogens (tertiary/aromatic N) is 2. The van der Waals surface area contributed by atoms with E-state index in [1.807, 2.05) is 0 Å². The van der Waals surface area contributed by atoms with Crippen LogP contribution in [0.5, 0.6) is 0 Å². The first kappa shape index (κ1) is 13.0. The average molecular weight is 220 g/mol. The summed E-state index contributed by atoms with van der Waals surface area (Å²) in [5.74, 6) is 0. The van der Waals surface area contributed by atoms with Crippen molar-refractivity contribution >= 4 is 5.69 Å². The summed E-state index contributed by atoms with van der Waals surface area (Å²) in [5.41, 5.74) is 2.68. The minimum Gasteiger partial charge on any atom is -0.378 e. The minimum atomic E-state index is 0.543. The molecule has 90 valence electrons. The minimum absolute atomic E-state index is 0.543. The van der Waals surface area contributed by atoms with Crippen molar-refractivity contribution in [3.8, 4) is 0 Å². The normalized spacial score (nSPS) is 12.9. The zero-order valence-electron chi connectivity index (χ0n) is 11.2. The molecule has 1 atom stereocenters. The van der Waals surface area contributed by atoms with Gasteiger partial charge >= 0.3 is 0 Å². The van der Waals surface area contributed by atoms with E-state index < -0.39 is 0 Å². The van der Waals surface area contributed by atoms with Gasteiger partial charge in [0.15, 0.2) is 0 Å². The molecule has 0 aliphatic carbocycles. The van der Waals surface area contributed by atoms with Gasteiger partial charge in [0.05, 0.1) is 0 Å². The summed E-state index contributed by atoms with van der Waals surface area (Å²) in [6.07, 6.45) is 2.44. The first-order chi connectivity index (χ1) is 7.56. The lowest BCUT2D eigenvalue weighted by Crippen LogP contribution is -2.19. The van der Waals surface area contributed by atoms with Crippen LogP contribution >= 0.6 is 0 Å². The van der Waals surface area contributed by atoms with Gasteiger partial charge in [0.25, 0.3) is 0 Å². The molecule has 0 aliphatic rings. The van der Waals surface area contributed by atoms with E-state index in [4.69, 9.17) is 0 Å². The van der Waals surface area contributed by atoms with E-state index in [9.17, 15) is 0 Å². The van der Waals surface area contributed by atoms with Crippen LogP contribution in [-0.4, -0.2) is 33.1 Å². The number of hydrogen-bond acceptors (Lipinski definition) is 2. The van der Waals surface area contributed by atoms with Crippen LogP contribution in [0.25, 0.3) is 0 Å². The van der Waals surface area contributed by atoms with Crippen LogP contribution in [0.3, 0.4) is 0 Å². The van der Waals surface area contributed by atoms with Crippen LogP contribution in [-0.2, 0) is 0 Å². The van der Waals surface area contributed by atoms with Crippen LogP contribution in [0, 0.1) is 0 Å². The van der Waals surface area contributed by atoms with Gasteiger partial charge in [-0.25, -0.2) is 0 Å². The third-order valence-electron chi connectivity index (χ3n) is 2.98. The second-order valence-electron chi connectivity index (χ2n) is 4.75. The van der Waals surface area contributed by atoms with Crippen molar-refractivity contribution in [2.45, 2.75) is 25.8 Å². The standard InChI is InChI=1S/C14H24N2/c1-6-7-14(16(4)5)12-8-10-13(11-9-12)15(2)3/h8-11,14H,6-7H2,1-5H3. The average Bonchev–Trinajstić information content (AvgIpc) is 2.25. The fraction of sp³-hybridized carbons (Fsp3) is 0.571. The summed E-state index contributed by atoms with van der Waals surface area (Å²) in [4.78, 5) is 4.43. The smallest absolute Gasteiger partial charge is 0.0361 e. The maximum Gasteiger partial charge on any atom is 0.0361 e.